The third kappa shape index (κ3) is 5.00. The maximum absolute atomic E-state index is 11.8. The largest absolute Gasteiger partial charge is 0.385 e. The number of nitrogens with one attached hydrogen (secondary N) is 1. The number of rotatable bonds is 7. The molecule has 0 atom stereocenters. The van der Waals surface area contributed by atoms with Gasteiger partial charge in [0.2, 0.25) is 0 Å². The highest BCUT2D eigenvalue weighted by atomic mass is 32.2. The van der Waals surface area contributed by atoms with Gasteiger partial charge in [-0.15, -0.1) is 0 Å². The van der Waals surface area contributed by atoms with Gasteiger partial charge < -0.3 is 10.2 Å². The molecule has 0 bridgehead atoms. The molecule has 1 amide bonds. The fraction of sp³-hybridized carbons (Fsp3) is 0.500. The number of amides is 1. The third-order valence-corrected chi connectivity index (χ3v) is 3.50. The lowest BCUT2D eigenvalue weighted by Crippen LogP contribution is -2.21. The molecule has 0 saturated carbocycles. The molecule has 0 aliphatic rings. The minimum absolute atomic E-state index is 0.0418. The standard InChI is InChI=1S/C14H22N2OS/c1-4-18-10-6-9-15-13-8-5-7-12(11-13)14(17)16(2)3/h5,7-8,11,15H,4,6,9-10H2,1-3H3. The summed E-state index contributed by atoms with van der Waals surface area (Å²) in [5.41, 5.74) is 1.75. The first kappa shape index (κ1) is 14.9. The van der Waals surface area contributed by atoms with Crippen molar-refractivity contribution in [3.63, 3.8) is 0 Å². The zero-order valence-electron chi connectivity index (χ0n) is 11.4. The van der Waals surface area contributed by atoms with Crippen LogP contribution in [0.3, 0.4) is 0 Å². The van der Waals surface area contributed by atoms with E-state index in [9.17, 15) is 4.79 Å². The van der Waals surface area contributed by atoms with Crippen LogP contribution in [-0.2, 0) is 0 Å². The third-order valence-electron chi connectivity index (χ3n) is 2.51. The van der Waals surface area contributed by atoms with Gasteiger partial charge >= 0.3 is 0 Å². The van der Waals surface area contributed by atoms with E-state index >= 15 is 0 Å². The Labute approximate surface area is 114 Å². The first-order valence-electron chi connectivity index (χ1n) is 6.28. The Morgan fingerprint density at radius 3 is 2.83 bits per heavy atom. The Bertz CT molecular complexity index is 380. The first-order chi connectivity index (χ1) is 8.65. The molecule has 0 spiro atoms. The molecule has 4 heteroatoms. The van der Waals surface area contributed by atoms with Gasteiger partial charge in [-0.2, -0.15) is 11.8 Å². The number of benzene rings is 1. The van der Waals surface area contributed by atoms with E-state index in [0.29, 0.717) is 0 Å². The van der Waals surface area contributed by atoms with Gasteiger partial charge in [0.15, 0.2) is 0 Å². The molecule has 1 aromatic carbocycles. The van der Waals surface area contributed by atoms with Gasteiger partial charge in [-0.3, -0.25) is 4.79 Å². The van der Waals surface area contributed by atoms with Gasteiger partial charge in [0.05, 0.1) is 0 Å². The number of thioether (sulfide) groups is 1. The van der Waals surface area contributed by atoms with Crippen molar-refractivity contribution >= 4 is 23.4 Å². The molecule has 1 rings (SSSR count). The summed E-state index contributed by atoms with van der Waals surface area (Å²) in [6, 6.07) is 7.68. The van der Waals surface area contributed by atoms with Gasteiger partial charge in [-0.05, 0) is 36.1 Å². The Morgan fingerprint density at radius 2 is 2.17 bits per heavy atom. The van der Waals surface area contributed by atoms with Gasteiger partial charge in [0, 0.05) is 31.9 Å². The van der Waals surface area contributed by atoms with Gasteiger partial charge in [0.1, 0.15) is 0 Å². The van der Waals surface area contributed by atoms with E-state index in [4.69, 9.17) is 0 Å². The minimum Gasteiger partial charge on any atom is -0.385 e. The molecule has 0 saturated heterocycles. The molecule has 0 unspecified atom stereocenters. The lowest BCUT2D eigenvalue weighted by atomic mass is 10.2. The van der Waals surface area contributed by atoms with Crippen LogP contribution in [0.5, 0.6) is 0 Å². The Balaban J connectivity index is 2.47. The number of anilines is 1. The average molecular weight is 266 g/mol. The molecule has 0 fully saturated rings. The van der Waals surface area contributed by atoms with E-state index < -0.39 is 0 Å². The molecule has 0 heterocycles. The van der Waals surface area contributed by atoms with Crippen LogP contribution >= 0.6 is 11.8 Å². The van der Waals surface area contributed by atoms with Crippen molar-refractivity contribution in [2.75, 3.05) is 37.5 Å². The van der Waals surface area contributed by atoms with Gasteiger partial charge in [-0.1, -0.05) is 13.0 Å². The average Bonchev–Trinajstić information content (AvgIpc) is 2.38. The molecule has 1 N–H and O–H groups in total. The van der Waals surface area contributed by atoms with Crippen molar-refractivity contribution in [1.29, 1.82) is 0 Å². The predicted octanol–water partition coefficient (Wildman–Crippen LogP) is 2.94. The quantitative estimate of drug-likeness (QED) is 0.770. The summed E-state index contributed by atoms with van der Waals surface area (Å²) in [4.78, 5) is 13.4. The fourth-order valence-electron chi connectivity index (χ4n) is 1.57. The second-order valence-electron chi connectivity index (χ2n) is 4.26. The van der Waals surface area contributed by atoms with Crippen LogP contribution in [0.2, 0.25) is 0 Å². The minimum atomic E-state index is 0.0418. The number of carbonyl (C=O) groups is 1. The van der Waals surface area contributed by atoms with Crippen LogP contribution in [-0.4, -0.2) is 43.0 Å². The SMILES string of the molecule is CCSCCCNc1cccc(C(=O)N(C)C)c1. The summed E-state index contributed by atoms with van der Waals surface area (Å²) in [7, 11) is 3.54. The summed E-state index contributed by atoms with van der Waals surface area (Å²) in [5.74, 6) is 2.40. The summed E-state index contributed by atoms with van der Waals surface area (Å²) in [5, 5.41) is 3.35. The lowest BCUT2D eigenvalue weighted by molar-refractivity contribution is 0.0827. The molecule has 0 aliphatic carbocycles. The monoisotopic (exact) mass is 266 g/mol. The zero-order valence-corrected chi connectivity index (χ0v) is 12.2. The molecule has 0 aromatic heterocycles. The summed E-state index contributed by atoms with van der Waals surface area (Å²) in [6.45, 7) is 3.13. The van der Waals surface area contributed by atoms with Crippen molar-refractivity contribution in [1.82, 2.24) is 4.90 Å². The molecule has 100 valence electrons. The molecule has 18 heavy (non-hydrogen) atoms. The van der Waals surface area contributed by atoms with E-state index in [1.54, 1.807) is 19.0 Å². The highest BCUT2D eigenvalue weighted by Gasteiger charge is 2.07. The number of hydrogen-bond donors (Lipinski definition) is 1. The van der Waals surface area contributed by atoms with Crippen molar-refractivity contribution < 1.29 is 4.79 Å². The normalized spacial score (nSPS) is 10.2. The van der Waals surface area contributed by atoms with Crippen molar-refractivity contribution in [3.05, 3.63) is 29.8 Å². The van der Waals surface area contributed by atoms with E-state index in [2.05, 4.69) is 12.2 Å². The Morgan fingerprint density at radius 1 is 1.39 bits per heavy atom. The van der Waals surface area contributed by atoms with Crippen molar-refractivity contribution in [3.8, 4) is 0 Å². The van der Waals surface area contributed by atoms with Crippen molar-refractivity contribution in [2.45, 2.75) is 13.3 Å². The molecular weight excluding hydrogens is 244 g/mol. The maximum Gasteiger partial charge on any atom is 0.253 e. The molecule has 0 aliphatic heterocycles. The van der Waals surface area contributed by atoms with Gasteiger partial charge in [-0.25, -0.2) is 0 Å². The van der Waals surface area contributed by atoms with E-state index in [0.717, 1.165) is 24.2 Å². The number of hydrogen-bond acceptors (Lipinski definition) is 3. The van der Waals surface area contributed by atoms with Crippen LogP contribution in [0.25, 0.3) is 0 Å². The second-order valence-corrected chi connectivity index (χ2v) is 5.65. The maximum atomic E-state index is 11.8. The van der Waals surface area contributed by atoms with Crippen LogP contribution in [0.4, 0.5) is 5.69 Å². The van der Waals surface area contributed by atoms with Crippen molar-refractivity contribution in [2.24, 2.45) is 0 Å². The smallest absolute Gasteiger partial charge is 0.253 e. The highest BCUT2D eigenvalue weighted by molar-refractivity contribution is 7.99. The zero-order chi connectivity index (χ0) is 13.4. The van der Waals surface area contributed by atoms with Crippen LogP contribution in [0, 0.1) is 0 Å². The Hall–Kier alpha value is -1.16. The van der Waals surface area contributed by atoms with Crippen LogP contribution in [0.15, 0.2) is 24.3 Å². The lowest BCUT2D eigenvalue weighted by Gasteiger charge is -2.12. The Kier molecular flexibility index (Phi) is 6.65. The fourth-order valence-corrected chi connectivity index (χ4v) is 2.21. The summed E-state index contributed by atoms with van der Waals surface area (Å²) < 4.78 is 0. The summed E-state index contributed by atoms with van der Waals surface area (Å²) >= 11 is 1.95. The molecule has 0 radical (unpaired) electrons. The number of nitrogens with zero attached hydrogens (tertiary/aromatic N) is 1. The van der Waals surface area contributed by atoms with Crippen LogP contribution < -0.4 is 5.32 Å². The molecule has 1 aromatic rings. The topological polar surface area (TPSA) is 32.3 Å². The second kappa shape index (κ2) is 8.03. The van der Waals surface area contributed by atoms with Gasteiger partial charge in [0.25, 0.3) is 5.91 Å². The predicted molar refractivity (Wildman–Crippen MR) is 80.6 cm³/mol. The van der Waals surface area contributed by atoms with Crippen LogP contribution in [0.1, 0.15) is 23.7 Å². The van der Waals surface area contributed by atoms with E-state index in [-0.39, 0.29) is 5.91 Å². The summed E-state index contributed by atoms with van der Waals surface area (Å²) in [6.07, 6.45) is 1.14. The highest BCUT2D eigenvalue weighted by Crippen LogP contribution is 2.12. The number of carbonyl (C=O) groups excluding carboxylic acids is 1. The van der Waals surface area contributed by atoms with E-state index in [1.807, 2.05) is 36.0 Å². The first-order valence-corrected chi connectivity index (χ1v) is 7.44. The molecular formula is C14H22N2OS. The molecule has 3 nitrogen and oxygen atoms in total. The van der Waals surface area contributed by atoms with E-state index in [1.165, 1.54) is 11.5 Å².